The van der Waals surface area contributed by atoms with Crippen LogP contribution in [0, 0.1) is 5.82 Å². The van der Waals surface area contributed by atoms with E-state index in [9.17, 15) is 4.39 Å². The summed E-state index contributed by atoms with van der Waals surface area (Å²) in [4.78, 5) is 5.59. The monoisotopic (exact) mass is 278 g/mol. The number of hydrogen-bond donors (Lipinski definition) is 1. The normalized spacial score (nSPS) is 14.6. The van der Waals surface area contributed by atoms with Crippen molar-refractivity contribution in [2.45, 2.75) is 25.4 Å². The molecule has 0 atom stereocenters. The van der Waals surface area contributed by atoms with E-state index in [2.05, 4.69) is 10.3 Å². The molecule has 1 aliphatic rings. The number of benzene rings is 1. The summed E-state index contributed by atoms with van der Waals surface area (Å²) < 4.78 is 18.3. The van der Waals surface area contributed by atoms with Gasteiger partial charge in [0.15, 0.2) is 11.6 Å². The van der Waals surface area contributed by atoms with Crippen molar-refractivity contribution in [1.82, 2.24) is 10.3 Å². The van der Waals surface area contributed by atoms with Gasteiger partial charge in [-0.1, -0.05) is 0 Å². The van der Waals surface area contributed by atoms with Crippen molar-refractivity contribution in [3.63, 3.8) is 0 Å². The lowest BCUT2D eigenvalue weighted by molar-refractivity contribution is 0.387. The molecular formula is C14H15FN2OS. The van der Waals surface area contributed by atoms with E-state index in [4.69, 9.17) is 4.74 Å². The second-order valence-electron chi connectivity index (χ2n) is 4.64. The summed E-state index contributed by atoms with van der Waals surface area (Å²) in [6, 6.07) is 5.52. The molecule has 0 spiro atoms. The average Bonchev–Trinajstić information content (AvgIpc) is 3.14. The zero-order valence-electron chi connectivity index (χ0n) is 10.6. The Morgan fingerprint density at radius 2 is 2.32 bits per heavy atom. The SMILES string of the molecule is COc1cc(-c2ncc(CNC3CC3)s2)ccc1F. The lowest BCUT2D eigenvalue weighted by Crippen LogP contribution is -2.14. The van der Waals surface area contributed by atoms with Crippen LogP contribution in [0.4, 0.5) is 4.39 Å². The Bertz CT molecular complexity index is 581. The number of thiazole rings is 1. The van der Waals surface area contributed by atoms with Crippen LogP contribution in [0.15, 0.2) is 24.4 Å². The number of ether oxygens (including phenoxy) is 1. The molecule has 3 rings (SSSR count). The molecule has 1 aliphatic carbocycles. The van der Waals surface area contributed by atoms with E-state index in [1.165, 1.54) is 30.9 Å². The summed E-state index contributed by atoms with van der Waals surface area (Å²) in [6.45, 7) is 0.862. The largest absolute Gasteiger partial charge is 0.494 e. The van der Waals surface area contributed by atoms with Crippen LogP contribution < -0.4 is 10.1 Å². The second-order valence-corrected chi connectivity index (χ2v) is 5.75. The van der Waals surface area contributed by atoms with Gasteiger partial charge in [-0.3, -0.25) is 0 Å². The van der Waals surface area contributed by atoms with Gasteiger partial charge in [-0.05, 0) is 31.0 Å². The first kappa shape index (κ1) is 12.6. The van der Waals surface area contributed by atoms with Crippen LogP contribution in [0.5, 0.6) is 5.75 Å². The summed E-state index contributed by atoms with van der Waals surface area (Å²) in [6.07, 6.45) is 4.44. The molecule has 1 saturated carbocycles. The van der Waals surface area contributed by atoms with Crippen molar-refractivity contribution in [3.8, 4) is 16.3 Å². The number of aromatic nitrogens is 1. The van der Waals surface area contributed by atoms with Crippen LogP contribution in [-0.2, 0) is 6.54 Å². The van der Waals surface area contributed by atoms with Crippen LogP contribution in [0.3, 0.4) is 0 Å². The van der Waals surface area contributed by atoms with Gasteiger partial charge in [0.05, 0.1) is 7.11 Å². The zero-order chi connectivity index (χ0) is 13.2. The highest BCUT2D eigenvalue weighted by Gasteiger charge is 2.20. The molecule has 0 saturated heterocycles. The van der Waals surface area contributed by atoms with Gasteiger partial charge in [-0.2, -0.15) is 0 Å². The molecule has 0 aliphatic heterocycles. The van der Waals surface area contributed by atoms with E-state index >= 15 is 0 Å². The summed E-state index contributed by atoms with van der Waals surface area (Å²) in [5, 5.41) is 4.35. The Hall–Kier alpha value is -1.46. The van der Waals surface area contributed by atoms with E-state index < -0.39 is 0 Å². The quantitative estimate of drug-likeness (QED) is 0.912. The number of hydrogen-bond acceptors (Lipinski definition) is 4. The Balaban J connectivity index is 1.77. The molecule has 19 heavy (non-hydrogen) atoms. The zero-order valence-corrected chi connectivity index (χ0v) is 11.5. The van der Waals surface area contributed by atoms with Crippen molar-refractivity contribution < 1.29 is 9.13 Å². The number of rotatable bonds is 5. The molecule has 1 aromatic heterocycles. The van der Waals surface area contributed by atoms with Crippen molar-refractivity contribution in [2.24, 2.45) is 0 Å². The van der Waals surface area contributed by atoms with Crippen LogP contribution in [0.25, 0.3) is 10.6 Å². The highest BCUT2D eigenvalue weighted by Crippen LogP contribution is 2.30. The van der Waals surface area contributed by atoms with Crippen LogP contribution in [-0.4, -0.2) is 18.1 Å². The predicted molar refractivity (Wildman–Crippen MR) is 73.9 cm³/mol. The van der Waals surface area contributed by atoms with Crippen LogP contribution in [0.2, 0.25) is 0 Å². The van der Waals surface area contributed by atoms with Gasteiger partial charge >= 0.3 is 0 Å². The highest BCUT2D eigenvalue weighted by atomic mass is 32.1. The summed E-state index contributed by atoms with van der Waals surface area (Å²) in [5.74, 6) is -0.0937. The second kappa shape index (κ2) is 5.27. The average molecular weight is 278 g/mol. The topological polar surface area (TPSA) is 34.1 Å². The maximum Gasteiger partial charge on any atom is 0.165 e. The third-order valence-electron chi connectivity index (χ3n) is 3.09. The van der Waals surface area contributed by atoms with Gasteiger partial charge in [0.2, 0.25) is 0 Å². The van der Waals surface area contributed by atoms with E-state index in [-0.39, 0.29) is 11.6 Å². The smallest absolute Gasteiger partial charge is 0.165 e. The standard InChI is InChI=1S/C14H15FN2OS/c1-18-13-6-9(2-5-12(13)15)14-17-8-11(19-14)7-16-10-3-4-10/h2,5-6,8,10,16H,3-4,7H2,1H3. The van der Waals surface area contributed by atoms with Gasteiger partial charge in [0, 0.05) is 29.2 Å². The molecule has 0 radical (unpaired) electrons. The minimum atomic E-state index is -0.349. The number of halogens is 1. The molecule has 0 bridgehead atoms. The molecule has 1 heterocycles. The molecule has 1 N–H and O–H groups in total. The molecule has 1 fully saturated rings. The summed E-state index contributed by atoms with van der Waals surface area (Å²) in [7, 11) is 1.47. The molecular weight excluding hydrogens is 263 g/mol. The fourth-order valence-electron chi connectivity index (χ4n) is 1.85. The summed E-state index contributed by atoms with van der Waals surface area (Å²) in [5.41, 5.74) is 0.890. The Labute approximate surface area is 115 Å². The fourth-order valence-corrected chi connectivity index (χ4v) is 2.71. The molecule has 3 nitrogen and oxygen atoms in total. The van der Waals surface area contributed by atoms with Gasteiger partial charge in [0.1, 0.15) is 5.01 Å². The van der Waals surface area contributed by atoms with E-state index in [1.807, 2.05) is 6.20 Å². The molecule has 0 amide bonds. The van der Waals surface area contributed by atoms with Crippen molar-refractivity contribution in [2.75, 3.05) is 7.11 Å². The van der Waals surface area contributed by atoms with E-state index in [0.717, 1.165) is 17.1 Å². The Kier molecular flexibility index (Phi) is 3.48. The third kappa shape index (κ3) is 2.93. The number of methoxy groups -OCH3 is 1. The highest BCUT2D eigenvalue weighted by molar-refractivity contribution is 7.15. The van der Waals surface area contributed by atoms with Crippen LogP contribution in [0.1, 0.15) is 17.7 Å². The van der Waals surface area contributed by atoms with Gasteiger partial charge in [0.25, 0.3) is 0 Å². The molecule has 5 heteroatoms. The maximum atomic E-state index is 13.4. The van der Waals surface area contributed by atoms with Crippen molar-refractivity contribution in [3.05, 3.63) is 35.1 Å². The first-order chi connectivity index (χ1) is 9.26. The molecule has 100 valence electrons. The van der Waals surface area contributed by atoms with Gasteiger partial charge < -0.3 is 10.1 Å². The van der Waals surface area contributed by atoms with Crippen molar-refractivity contribution >= 4 is 11.3 Å². The lowest BCUT2D eigenvalue weighted by Gasteiger charge is -2.03. The lowest BCUT2D eigenvalue weighted by atomic mass is 10.2. The fraction of sp³-hybridized carbons (Fsp3) is 0.357. The van der Waals surface area contributed by atoms with Crippen LogP contribution >= 0.6 is 11.3 Å². The molecule has 0 unspecified atom stereocenters. The minimum Gasteiger partial charge on any atom is -0.494 e. The van der Waals surface area contributed by atoms with Gasteiger partial charge in [-0.25, -0.2) is 9.37 Å². The van der Waals surface area contributed by atoms with Crippen molar-refractivity contribution in [1.29, 1.82) is 0 Å². The Morgan fingerprint density at radius 3 is 3.05 bits per heavy atom. The van der Waals surface area contributed by atoms with E-state index in [1.54, 1.807) is 23.5 Å². The minimum absolute atomic E-state index is 0.255. The van der Waals surface area contributed by atoms with Gasteiger partial charge in [-0.15, -0.1) is 11.3 Å². The first-order valence-corrected chi connectivity index (χ1v) is 7.10. The van der Waals surface area contributed by atoms with E-state index in [0.29, 0.717) is 6.04 Å². The number of nitrogens with one attached hydrogen (secondary N) is 1. The maximum absolute atomic E-state index is 13.4. The Morgan fingerprint density at radius 1 is 1.47 bits per heavy atom. The number of nitrogens with zero attached hydrogens (tertiary/aromatic N) is 1. The molecule has 1 aromatic carbocycles. The third-order valence-corrected chi connectivity index (χ3v) is 4.14. The first-order valence-electron chi connectivity index (χ1n) is 6.28. The molecule has 2 aromatic rings. The predicted octanol–water partition coefficient (Wildman–Crippen LogP) is 3.21. The summed E-state index contributed by atoms with van der Waals surface area (Å²) >= 11 is 1.63.